The van der Waals surface area contributed by atoms with Gasteiger partial charge in [0, 0.05) is 30.0 Å². The quantitative estimate of drug-likeness (QED) is 0.646. The second kappa shape index (κ2) is 9.85. The zero-order chi connectivity index (χ0) is 18.2. The Bertz CT molecular complexity index is 597. The summed E-state index contributed by atoms with van der Waals surface area (Å²) in [6.45, 7) is 4.09. The molecule has 4 nitrogen and oxygen atoms in total. The van der Waals surface area contributed by atoms with Crippen LogP contribution in [0.25, 0.3) is 0 Å². The van der Waals surface area contributed by atoms with Crippen LogP contribution in [0, 0.1) is 0 Å². The minimum absolute atomic E-state index is 0.0439. The van der Waals surface area contributed by atoms with E-state index in [4.69, 9.17) is 4.74 Å². The average Bonchev–Trinajstić information content (AvgIpc) is 2.63. The van der Waals surface area contributed by atoms with Gasteiger partial charge in [-0.05, 0) is 44.9 Å². The predicted molar refractivity (Wildman–Crippen MR) is 103 cm³/mol. The molecule has 1 amide bonds. The lowest BCUT2D eigenvalue weighted by Crippen LogP contribution is -2.39. The van der Waals surface area contributed by atoms with E-state index in [0.29, 0.717) is 29.7 Å². The Morgan fingerprint density at radius 2 is 1.96 bits per heavy atom. The van der Waals surface area contributed by atoms with Crippen molar-refractivity contribution in [2.45, 2.75) is 57.7 Å². The molecule has 5 heteroatoms. The van der Waals surface area contributed by atoms with Crippen molar-refractivity contribution in [1.82, 2.24) is 4.90 Å². The van der Waals surface area contributed by atoms with Gasteiger partial charge in [-0.3, -0.25) is 9.59 Å². The Kier molecular flexibility index (Phi) is 7.82. The van der Waals surface area contributed by atoms with Gasteiger partial charge in [-0.2, -0.15) is 0 Å². The van der Waals surface area contributed by atoms with E-state index in [2.05, 4.69) is 0 Å². The van der Waals surface area contributed by atoms with Crippen LogP contribution in [0.15, 0.2) is 18.2 Å². The van der Waals surface area contributed by atoms with Crippen molar-refractivity contribution in [3.05, 3.63) is 29.3 Å². The van der Waals surface area contributed by atoms with E-state index >= 15 is 0 Å². The Morgan fingerprint density at radius 3 is 2.60 bits per heavy atom. The van der Waals surface area contributed by atoms with E-state index in [0.717, 1.165) is 24.2 Å². The van der Waals surface area contributed by atoms with Gasteiger partial charge < -0.3 is 9.64 Å². The van der Waals surface area contributed by atoms with Gasteiger partial charge in [0.1, 0.15) is 5.75 Å². The van der Waals surface area contributed by atoms with E-state index in [1.807, 2.05) is 31.0 Å². The molecule has 0 radical (unpaired) electrons. The lowest BCUT2D eigenvalue weighted by Gasteiger charge is -2.31. The number of thioether (sulfide) groups is 1. The van der Waals surface area contributed by atoms with Gasteiger partial charge in [-0.15, -0.1) is 11.8 Å². The second-order valence-corrected chi connectivity index (χ2v) is 7.59. The Hall–Kier alpha value is -1.49. The number of nitrogens with zero attached hydrogens (tertiary/aromatic N) is 1. The number of benzene rings is 1. The van der Waals surface area contributed by atoms with Crippen LogP contribution in [0.2, 0.25) is 0 Å². The van der Waals surface area contributed by atoms with E-state index in [-0.39, 0.29) is 11.7 Å². The summed E-state index contributed by atoms with van der Waals surface area (Å²) in [5.41, 5.74) is 1.66. The van der Waals surface area contributed by atoms with Gasteiger partial charge >= 0.3 is 0 Å². The van der Waals surface area contributed by atoms with E-state index in [1.165, 1.54) is 19.3 Å². The van der Waals surface area contributed by atoms with E-state index in [9.17, 15) is 9.59 Å². The highest BCUT2D eigenvalue weighted by Crippen LogP contribution is 2.26. The minimum atomic E-state index is 0.0439. The number of rotatable bonds is 8. The molecule has 0 bridgehead atoms. The summed E-state index contributed by atoms with van der Waals surface area (Å²) in [6.07, 6.45) is 6.00. The van der Waals surface area contributed by atoms with Crippen molar-refractivity contribution in [2.24, 2.45) is 0 Å². The maximum absolute atomic E-state index is 12.4. The van der Waals surface area contributed by atoms with Crippen LogP contribution in [0.5, 0.6) is 5.75 Å². The molecule has 25 heavy (non-hydrogen) atoms. The van der Waals surface area contributed by atoms with Crippen LogP contribution >= 0.6 is 11.8 Å². The summed E-state index contributed by atoms with van der Waals surface area (Å²) >= 11 is 1.58. The lowest BCUT2D eigenvalue weighted by molar-refractivity contribution is -0.129. The van der Waals surface area contributed by atoms with Crippen LogP contribution in [0.4, 0.5) is 0 Å². The zero-order valence-electron chi connectivity index (χ0n) is 15.5. The average molecular weight is 364 g/mol. The summed E-state index contributed by atoms with van der Waals surface area (Å²) in [5, 5.41) is 0. The first-order chi connectivity index (χ1) is 12.0. The molecule has 2 rings (SSSR count). The molecule has 1 aromatic carbocycles. The Labute approximate surface area is 155 Å². The molecule has 0 spiro atoms. The molecule has 1 saturated carbocycles. The van der Waals surface area contributed by atoms with Crippen molar-refractivity contribution < 1.29 is 14.3 Å². The number of hydrogen-bond donors (Lipinski definition) is 0. The van der Waals surface area contributed by atoms with Crippen LogP contribution < -0.4 is 4.74 Å². The van der Waals surface area contributed by atoms with Gasteiger partial charge in [0.2, 0.25) is 5.91 Å². The number of hydrogen-bond acceptors (Lipinski definition) is 4. The lowest BCUT2D eigenvalue weighted by atomic mass is 9.94. The molecule has 1 aromatic rings. The maximum Gasteiger partial charge on any atom is 0.232 e. The molecule has 1 fully saturated rings. The standard InChI is InChI=1S/C20H29NO3S/c1-4-24-19-11-10-16(15(2)22)12-17(19)13-25-14-20(23)21(3)18-8-6-5-7-9-18/h10-12,18H,4-9,13-14H2,1-3H3. The fourth-order valence-corrected chi connectivity index (χ4v) is 4.16. The number of carbonyl (C=O) groups is 2. The summed E-state index contributed by atoms with van der Waals surface area (Å²) in [4.78, 5) is 26.0. The molecule has 0 unspecified atom stereocenters. The molecular formula is C20H29NO3S. The van der Waals surface area contributed by atoms with Gasteiger partial charge in [-0.1, -0.05) is 19.3 Å². The second-order valence-electron chi connectivity index (χ2n) is 6.60. The highest BCUT2D eigenvalue weighted by Gasteiger charge is 2.21. The summed E-state index contributed by atoms with van der Waals surface area (Å²) in [7, 11) is 1.93. The van der Waals surface area contributed by atoms with Crippen molar-refractivity contribution in [3.63, 3.8) is 0 Å². The van der Waals surface area contributed by atoms with E-state index in [1.54, 1.807) is 24.8 Å². The highest BCUT2D eigenvalue weighted by atomic mass is 32.2. The first-order valence-electron chi connectivity index (χ1n) is 9.13. The van der Waals surface area contributed by atoms with Crippen molar-refractivity contribution in [3.8, 4) is 5.75 Å². The number of amides is 1. The topological polar surface area (TPSA) is 46.6 Å². The molecule has 0 aromatic heterocycles. The molecule has 0 saturated heterocycles. The minimum Gasteiger partial charge on any atom is -0.494 e. The number of ketones is 1. The first kappa shape index (κ1) is 19.8. The third-order valence-electron chi connectivity index (χ3n) is 4.77. The highest BCUT2D eigenvalue weighted by molar-refractivity contribution is 7.99. The fourth-order valence-electron chi connectivity index (χ4n) is 3.23. The fraction of sp³-hybridized carbons (Fsp3) is 0.600. The maximum atomic E-state index is 12.4. The number of Topliss-reactive ketones (excluding diaryl/α,β-unsaturated/α-hetero) is 1. The first-order valence-corrected chi connectivity index (χ1v) is 10.3. The van der Waals surface area contributed by atoms with Crippen LogP contribution in [-0.4, -0.2) is 42.0 Å². The Morgan fingerprint density at radius 1 is 1.24 bits per heavy atom. The third-order valence-corrected chi connectivity index (χ3v) is 5.73. The van der Waals surface area contributed by atoms with Crippen LogP contribution in [0.1, 0.15) is 61.9 Å². The molecule has 1 aliphatic carbocycles. The summed E-state index contributed by atoms with van der Waals surface area (Å²) in [5.74, 6) is 2.16. The Balaban J connectivity index is 1.92. The molecule has 0 atom stereocenters. The number of ether oxygens (including phenoxy) is 1. The molecule has 0 heterocycles. The largest absolute Gasteiger partial charge is 0.494 e. The zero-order valence-corrected chi connectivity index (χ0v) is 16.4. The monoisotopic (exact) mass is 363 g/mol. The van der Waals surface area contributed by atoms with Gasteiger partial charge in [0.25, 0.3) is 0 Å². The molecule has 0 aliphatic heterocycles. The number of carbonyl (C=O) groups excluding carboxylic acids is 2. The smallest absolute Gasteiger partial charge is 0.232 e. The van der Waals surface area contributed by atoms with E-state index < -0.39 is 0 Å². The van der Waals surface area contributed by atoms with Crippen molar-refractivity contribution in [2.75, 3.05) is 19.4 Å². The summed E-state index contributed by atoms with van der Waals surface area (Å²) in [6, 6.07) is 5.94. The van der Waals surface area contributed by atoms with Gasteiger partial charge in [0.15, 0.2) is 5.78 Å². The molecule has 0 N–H and O–H groups in total. The predicted octanol–water partition coefficient (Wildman–Crippen LogP) is 4.31. The summed E-state index contributed by atoms with van der Waals surface area (Å²) < 4.78 is 5.65. The normalized spacial score (nSPS) is 15.0. The molecule has 138 valence electrons. The molecular weight excluding hydrogens is 334 g/mol. The van der Waals surface area contributed by atoms with Crippen molar-refractivity contribution >= 4 is 23.5 Å². The van der Waals surface area contributed by atoms with Gasteiger partial charge in [-0.25, -0.2) is 0 Å². The third kappa shape index (κ3) is 5.77. The van der Waals surface area contributed by atoms with Crippen molar-refractivity contribution in [1.29, 1.82) is 0 Å². The van der Waals surface area contributed by atoms with Gasteiger partial charge in [0.05, 0.1) is 12.4 Å². The van der Waals surface area contributed by atoms with Crippen LogP contribution in [-0.2, 0) is 10.5 Å². The SMILES string of the molecule is CCOc1ccc(C(C)=O)cc1CSCC(=O)N(C)C1CCCCC1. The molecule has 1 aliphatic rings. The van der Waals surface area contributed by atoms with Crippen LogP contribution in [0.3, 0.4) is 0 Å².